The fourth-order valence-electron chi connectivity index (χ4n) is 5.20. The second-order valence-corrected chi connectivity index (χ2v) is 11.6. The van der Waals surface area contributed by atoms with Crippen molar-refractivity contribution in [2.45, 2.75) is 20.0 Å². The number of hydrogen-bond donors (Lipinski definition) is 1. The molecular weight excluding hydrogens is 613 g/mol. The Hall–Kier alpha value is -3.64. The standard InChI is InChI=1S/2C17H19N3S.C2H6O.H2O/c2*21-17(16-8-4-5-9-18-16)20-12-10-19(11-13-20)14-15-6-2-1-3-7-15;1-2-3;/h2*1-9H,10-14H2;3H,2H2,1H3;1H2. The van der Waals surface area contributed by atoms with Gasteiger partial charge in [0.05, 0.1) is 11.4 Å². The average Bonchev–Trinajstić information content (AvgIpc) is 3.11. The summed E-state index contributed by atoms with van der Waals surface area (Å²) < 4.78 is 0. The third kappa shape index (κ3) is 11.9. The number of piperazine rings is 2. The first-order valence-corrected chi connectivity index (χ1v) is 16.4. The zero-order valence-electron chi connectivity index (χ0n) is 26.6. The average molecular weight is 659 g/mol. The Morgan fingerprint density at radius 1 is 0.565 bits per heavy atom. The van der Waals surface area contributed by atoms with E-state index >= 15 is 0 Å². The molecule has 0 amide bonds. The van der Waals surface area contributed by atoms with E-state index in [1.807, 2.05) is 36.4 Å². The first kappa shape index (κ1) is 36.8. The van der Waals surface area contributed by atoms with E-state index in [9.17, 15) is 0 Å². The van der Waals surface area contributed by atoms with Gasteiger partial charge >= 0.3 is 0 Å². The molecule has 2 fully saturated rings. The van der Waals surface area contributed by atoms with Crippen molar-refractivity contribution >= 4 is 34.4 Å². The lowest BCUT2D eigenvalue weighted by Crippen LogP contribution is -2.48. The van der Waals surface area contributed by atoms with E-state index in [1.165, 1.54) is 11.1 Å². The van der Waals surface area contributed by atoms with Crippen molar-refractivity contribution in [1.29, 1.82) is 0 Å². The topological polar surface area (TPSA) is 90.5 Å². The van der Waals surface area contributed by atoms with Gasteiger partial charge in [-0.15, -0.1) is 0 Å². The van der Waals surface area contributed by atoms with Crippen LogP contribution in [0.5, 0.6) is 0 Å². The van der Waals surface area contributed by atoms with Crippen molar-refractivity contribution in [3.05, 3.63) is 132 Å². The van der Waals surface area contributed by atoms with Crippen LogP contribution >= 0.6 is 24.4 Å². The minimum atomic E-state index is 0. The van der Waals surface area contributed by atoms with Crippen LogP contribution in [0.25, 0.3) is 0 Å². The molecule has 2 aromatic carbocycles. The van der Waals surface area contributed by atoms with Crippen LogP contribution in [-0.4, -0.2) is 109 Å². The van der Waals surface area contributed by atoms with Gasteiger partial charge in [0.25, 0.3) is 0 Å². The third-order valence-electron chi connectivity index (χ3n) is 7.59. The van der Waals surface area contributed by atoms with Crippen LogP contribution in [-0.2, 0) is 13.1 Å². The summed E-state index contributed by atoms with van der Waals surface area (Å²) in [6, 6.07) is 33.0. The summed E-state index contributed by atoms with van der Waals surface area (Å²) in [5, 5.41) is 7.57. The normalized spacial score (nSPS) is 14.9. The molecule has 0 unspecified atom stereocenters. The van der Waals surface area contributed by atoms with Gasteiger partial charge in [-0.05, 0) is 42.3 Å². The molecule has 4 aromatic rings. The zero-order valence-corrected chi connectivity index (χ0v) is 28.3. The third-order valence-corrected chi connectivity index (χ3v) is 8.52. The van der Waals surface area contributed by atoms with E-state index in [1.54, 1.807) is 19.3 Å². The van der Waals surface area contributed by atoms with Gasteiger partial charge in [0.15, 0.2) is 0 Å². The highest BCUT2D eigenvalue weighted by Gasteiger charge is 2.21. The molecule has 10 heteroatoms. The molecule has 46 heavy (non-hydrogen) atoms. The quantitative estimate of drug-likeness (QED) is 0.304. The highest BCUT2D eigenvalue weighted by atomic mass is 32.1. The Labute approximate surface area is 284 Å². The first-order valence-electron chi connectivity index (χ1n) is 15.6. The highest BCUT2D eigenvalue weighted by Crippen LogP contribution is 2.13. The van der Waals surface area contributed by atoms with E-state index in [4.69, 9.17) is 29.5 Å². The molecule has 2 saturated heterocycles. The number of aromatic nitrogens is 2. The van der Waals surface area contributed by atoms with Crippen LogP contribution in [0.3, 0.4) is 0 Å². The number of pyridine rings is 2. The Morgan fingerprint density at radius 2 is 0.891 bits per heavy atom. The maximum atomic E-state index is 7.57. The maximum Gasteiger partial charge on any atom is 0.127 e. The van der Waals surface area contributed by atoms with Crippen molar-refractivity contribution in [3.63, 3.8) is 0 Å². The smallest absolute Gasteiger partial charge is 0.127 e. The number of thiocarbonyl (C=S) groups is 2. The first-order chi connectivity index (χ1) is 22.1. The van der Waals surface area contributed by atoms with Gasteiger partial charge in [0, 0.05) is 84.4 Å². The van der Waals surface area contributed by atoms with E-state index in [-0.39, 0.29) is 12.1 Å². The summed E-state index contributed by atoms with van der Waals surface area (Å²) in [6.45, 7) is 12.0. The number of nitrogens with zero attached hydrogens (tertiary/aromatic N) is 6. The van der Waals surface area contributed by atoms with Crippen LogP contribution in [0.1, 0.15) is 29.4 Å². The van der Waals surface area contributed by atoms with Crippen LogP contribution in [0.2, 0.25) is 0 Å². The van der Waals surface area contributed by atoms with E-state index in [2.05, 4.69) is 90.2 Å². The molecule has 0 saturated carbocycles. The van der Waals surface area contributed by atoms with Crippen LogP contribution < -0.4 is 0 Å². The molecule has 0 atom stereocenters. The predicted molar refractivity (Wildman–Crippen MR) is 195 cm³/mol. The largest absolute Gasteiger partial charge is 0.412 e. The van der Waals surface area contributed by atoms with Gasteiger partial charge in [-0.2, -0.15) is 0 Å². The molecule has 244 valence electrons. The second-order valence-electron chi connectivity index (χ2n) is 10.9. The zero-order chi connectivity index (χ0) is 31.7. The number of hydrogen-bond acceptors (Lipinski definition) is 7. The van der Waals surface area contributed by atoms with Crippen LogP contribution in [0.15, 0.2) is 109 Å². The summed E-state index contributed by atoms with van der Waals surface area (Å²) in [5.41, 5.74) is 4.56. The van der Waals surface area contributed by atoms with Crippen molar-refractivity contribution in [1.82, 2.24) is 29.6 Å². The lowest BCUT2D eigenvalue weighted by Gasteiger charge is -2.36. The van der Waals surface area contributed by atoms with Crippen molar-refractivity contribution in [2.75, 3.05) is 59.0 Å². The van der Waals surface area contributed by atoms with Gasteiger partial charge in [-0.25, -0.2) is 0 Å². The van der Waals surface area contributed by atoms with Crippen molar-refractivity contribution in [3.8, 4) is 0 Å². The van der Waals surface area contributed by atoms with Crippen molar-refractivity contribution < 1.29 is 10.6 Å². The molecule has 0 radical (unpaired) electrons. The van der Waals surface area contributed by atoms with Crippen LogP contribution in [0.4, 0.5) is 0 Å². The monoisotopic (exact) mass is 658 g/mol. The van der Waals surface area contributed by atoms with Gasteiger partial charge in [0.1, 0.15) is 9.98 Å². The minimum absolute atomic E-state index is 0. The summed E-state index contributed by atoms with van der Waals surface area (Å²) in [7, 11) is 0. The fourth-order valence-corrected chi connectivity index (χ4v) is 5.81. The lowest BCUT2D eigenvalue weighted by molar-refractivity contribution is 0.177. The van der Waals surface area contributed by atoms with Gasteiger partial charge in [-0.1, -0.05) is 97.2 Å². The van der Waals surface area contributed by atoms with Gasteiger partial charge in [-0.3, -0.25) is 19.8 Å². The molecular formula is C36H46N6O2S2. The Bertz CT molecular complexity index is 1290. The van der Waals surface area contributed by atoms with Crippen LogP contribution in [0, 0.1) is 0 Å². The SMILES string of the molecule is CCO.O.S=C(c1ccccn1)N1CCN(Cc2ccccc2)CC1.S=C(c1ccccn1)N1CCN(Cc2ccccc2)CC1. The highest BCUT2D eigenvalue weighted by molar-refractivity contribution is 7.80. The molecule has 0 bridgehead atoms. The molecule has 6 rings (SSSR count). The maximum absolute atomic E-state index is 7.57. The molecule has 2 aliphatic rings. The minimum Gasteiger partial charge on any atom is -0.412 e. The fraction of sp³-hybridized carbons (Fsp3) is 0.333. The lowest BCUT2D eigenvalue weighted by atomic mass is 10.2. The summed E-state index contributed by atoms with van der Waals surface area (Å²) in [6.07, 6.45) is 3.60. The number of aliphatic hydroxyl groups excluding tert-OH is 1. The van der Waals surface area contributed by atoms with E-state index in [0.29, 0.717) is 0 Å². The summed E-state index contributed by atoms with van der Waals surface area (Å²) in [5.74, 6) is 0. The number of rotatable bonds is 6. The molecule has 4 heterocycles. The van der Waals surface area contributed by atoms with E-state index < -0.39 is 0 Å². The molecule has 3 N–H and O–H groups in total. The van der Waals surface area contributed by atoms with Gasteiger partial charge < -0.3 is 20.4 Å². The van der Waals surface area contributed by atoms with Gasteiger partial charge in [0.2, 0.25) is 0 Å². The molecule has 0 aliphatic carbocycles. The summed E-state index contributed by atoms with van der Waals surface area (Å²) in [4.78, 5) is 19.9. The van der Waals surface area contributed by atoms with Crippen molar-refractivity contribution in [2.24, 2.45) is 0 Å². The summed E-state index contributed by atoms with van der Waals surface area (Å²) >= 11 is 11.1. The predicted octanol–water partition coefficient (Wildman–Crippen LogP) is 4.32. The Kier molecular flexibility index (Phi) is 16.4. The number of aliphatic hydroxyl groups is 1. The molecule has 0 spiro atoms. The Morgan fingerprint density at radius 3 is 1.20 bits per heavy atom. The molecule has 8 nitrogen and oxygen atoms in total. The molecule has 2 aliphatic heterocycles. The second kappa shape index (κ2) is 20.5. The molecule has 2 aromatic heterocycles. The number of benzene rings is 2. The Balaban J connectivity index is 0.000000226. The van der Waals surface area contributed by atoms with E-state index in [0.717, 1.165) is 86.8 Å².